The predicted octanol–water partition coefficient (Wildman–Crippen LogP) is 2.17. The fourth-order valence-electron chi connectivity index (χ4n) is 2.79. The number of hydrogen-bond acceptors (Lipinski definition) is 4. The molecule has 1 amide bonds. The average Bonchev–Trinajstić information content (AvgIpc) is 3.08. The first-order valence-electron chi connectivity index (χ1n) is 8.94. The maximum Gasteiger partial charge on any atom is 0.243 e. The zero-order chi connectivity index (χ0) is 18.2. The summed E-state index contributed by atoms with van der Waals surface area (Å²) in [6, 6.07) is 4.17. The number of guanidine groups is 1. The van der Waals surface area contributed by atoms with E-state index in [1.807, 2.05) is 0 Å². The Morgan fingerprint density at radius 2 is 2.00 bits per heavy atom. The summed E-state index contributed by atoms with van der Waals surface area (Å²) >= 11 is 1.73. The first-order chi connectivity index (χ1) is 12.0. The third-order valence-corrected chi connectivity index (χ3v) is 5.04. The minimum absolute atomic E-state index is 0. The molecule has 0 aromatic carbocycles. The van der Waals surface area contributed by atoms with E-state index in [4.69, 9.17) is 0 Å². The fraction of sp³-hybridized carbons (Fsp3) is 0.667. The Balaban J connectivity index is 0.00000338. The molecule has 1 aromatic rings. The molecule has 148 valence electrons. The van der Waals surface area contributed by atoms with Crippen molar-refractivity contribution in [3.8, 4) is 0 Å². The minimum Gasteiger partial charge on any atom is -0.351 e. The highest BCUT2D eigenvalue weighted by molar-refractivity contribution is 14.0. The normalized spacial score (nSPS) is 15.7. The van der Waals surface area contributed by atoms with E-state index in [9.17, 15) is 4.79 Å². The van der Waals surface area contributed by atoms with Gasteiger partial charge in [-0.2, -0.15) is 0 Å². The van der Waals surface area contributed by atoms with E-state index in [0.29, 0.717) is 5.92 Å². The van der Waals surface area contributed by atoms with Gasteiger partial charge in [-0.15, -0.1) is 35.3 Å². The Morgan fingerprint density at radius 1 is 1.31 bits per heavy atom. The number of thiophene rings is 1. The SMILES string of the molecule is CC(C)CN1CCN(C(=NCC(=O)N(C)C)NCc2cccs2)CC1.I. The third-order valence-electron chi connectivity index (χ3n) is 4.16. The number of nitrogens with one attached hydrogen (secondary N) is 1. The smallest absolute Gasteiger partial charge is 0.243 e. The predicted molar refractivity (Wildman–Crippen MR) is 120 cm³/mol. The molecule has 0 atom stereocenters. The van der Waals surface area contributed by atoms with Gasteiger partial charge >= 0.3 is 0 Å². The monoisotopic (exact) mass is 493 g/mol. The molecule has 1 saturated heterocycles. The highest BCUT2D eigenvalue weighted by atomic mass is 127. The Morgan fingerprint density at radius 3 is 2.54 bits per heavy atom. The molecule has 2 heterocycles. The van der Waals surface area contributed by atoms with Gasteiger partial charge in [-0.05, 0) is 17.4 Å². The van der Waals surface area contributed by atoms with Crippen molar-refractivity contribution in [1.82, 2.24) is 20.0 Å². The number of hydrogen-bond donors (Lipinski definition) is 1. The van der Waals surface area contributed by atoms with Crippen LogP contribution in [0.15, 0.2) is 22.5 Å². The van der Waals surface area contributed by atoms with Gasteiger partial charge < -0.3 is 15.1 Å². The number of rotatable bonds is 6. The van der Waals surface area contributed by atoms with E-state index in [0.717, 1.165) is 45.2 Å². The molecule has 1 aliphatic rings. The molecule has 1 aromatic heterocycles. The Bertz CT molecular complexity index is 554. The van der Waals surface area contributed by atoms with Crippen LogP contribution in [0.3, 0.4) is 0 Å². The number of piperazine rings is 1. The maximum atomic E-state index is 11.9. The summed E-state index contributed by atoms with van der Waals surface area (Å²) in [6.45, 7) is 10.6. The number of likely N-dealkylation sites (N-methyl/N-ethyl adjacent to an activating group) is 1. The summed E-state index contributed by atoms with van der Waals surface area (Å²) in [7, 11) is 3.53. The summed E-state index contributed by atoms with van der Waals surface area (Å²) < 4.78 is 0. The molecule has 2 rings (SSSR count). The van der Waals surface area contributed by atoms with E-state index in [2.05, 4.69) is 51.5 Å². The Hall–Kier alpha value is -0.870. The molecule has 1 N–H and O–H groups in total. The number of nitrogens with zero attached hydrogens (tertiary/aromatic N) is 4. The van der Waals surface area contributed by atoms with E-state index in [1.165, 1.54) is 4.88 Å². The lowest BCUT2D eigenvalue weighted by Gasteiger charge is -2.37. The van der Waals surface area contributed by atoms with Crippen molar-refractivity contribution < 1.29 is 4.79 Å². The van der Waals surface area contributed by atoms with Crippen LogP contribution in [0.4, 0.5) is 0 Å². The zero-order valence-corrected chi connectivity index (χ0v) is 19.4. The summed E-state index contributed by atoms with van der Waals surface area (Å²) in [5, 5.41) is 5.52. The number of halogens is 1. The van der Waals surface area contributed by atoms with Crippen molar-refractivity contribution >= 4 is 47.2 Å². The Kier molecular flexibility index (Phi) is 10.5. The molecule has 0 aliphatic carbocycles. The largest absolute Gasteiger partial charge is 0.351 e. The first-order valence-corrected chi connectivity index (χ1v) is 9.82. The quantitative estimate of drug-likeness (QED) is 0.375. The topological polar surface area (TPSA) is 51.2 Å². The summed E-state index contributed by atoms with van der Waals surface area (Å²) in [4.78, 5) is 24.1. The van der Waals surface area contributed by atoms with Crippen LogP contribution in [0.1, 0.15) is 18.7 Å². The summed E-state index contributed by atoms with van der Waals surface area (Å²) in [6.07, 6.45) is 0. The standard InChI is InChI=1S/C18H31N5OS.HI/c1-15(2)14-22-7-9-23(10-8-22)18(20-13-17(24)21(3)4)19-12-16-6-5-11-25-16;/h5-6,11,15H,7-10,12-14H2,1-4H3,(H,19,20);1H. The number of carbonyl (C=O) groups excluding carboxylic acids is 1. The van der Waals surface area contributed by atoms with Crippen LogP contribution < -0.4 is 5.32 Å². The highest BCUT2D eigenvalue weighted by Crippen LogP contribution is 2.09. The van der Waals surface area contributed by atoms with Crippen molar-refractivity contribution in [3.05, 3.63) is 22.4 Å². The van der Waals surface area contributed by atoms with Crippen molar-refractivity contribution in [1.29, 1.82) is 0 Å². The molecule has 0 radical (unpaired) electrons. The van der Waals surface area contributed by atoms with Crippen LogP contribution >= 0.6 is 35.3 Å². The summed E-state index contributed by atoms with van der Waals surface area (Å²) in [5.41, 5.74) is 0. The minimum atomic E-state index is 0. The van der Waals surface area contributed by atoms with Crippen molar-refractivity contribution in [3.63, 3.8) is 0 Å². The van der Waals surface area contributed by atoms with Crippen molar-refractivity contribution in [2.75, 3.05) is 53.4 Å². The molecule has 0 saturated carbocycles. The van der Waals surface area contributed by atoms with Crippen LogP contribution in [-0.2, 0) is 11.3 Å². The molecule has 1 fully saturated rings. The van der Waals surface area contributed by atoms with Crippen molar-refractivity contribution in [2.24, 2.45) is 10.9 Å². The van der Waals surface area contributed by atoms with Gasteiger partial charge in [-0.25, -0.2) is 4.99 Å². The maximum absolute atomic E-state index is 11.9. The lowest BCUT2D eigenvalue weighted by atomic mass is 10.2. The number of carbonyl (C=O) groups is 1. The lowest BCUT2D eigenvalue weighted by molar-refractivity contribution is -0.127. The van der Waals surface area contributed by atoms with Gasteiger partial charge in [0.15, 0.2) is 5.96 Å². The van der Waals surface area contributed by atoms with Crippen LogP contribution in [0, 0.1) is 5.92 Å². The van der Waals surface area contributed by atoms with Crippen molar-refractivity contribution in [2.45, 2.75) is 20.4 Å². The van der Waals surface area contributed by atoms with Crippen LogP contribution in [0.5, 0.6) is 0 Å². The number of aliphatic imine (C=N–C) groups is 1. The zero-order valence-electron chi connectivity index (χ0n) is 16.3. The second kappa shape index (κ2) is 11.8. The van der Waals surface area contributed by atoms with Gasteiger partial charge in [0.1, 0.15) is 6.54 Å². The van der Waals surface area contributed by atoms with E-state index >= 15 is 0 Å². The lowest BCUT2D eigenvalue weighted by Crippen LogP contribution is -2.53. The molecule has 1 aliphatic heterocycles. The second-order valence-electron chi connectivity index (χ2n) is 7.04. The molecular formula is C18H32IN5OS. The fourth-order valence-corrected chi connectivity index (χ4v) is 3.43. The van der Waals surface area contributed by atoms with Gasteiger partial charge in [-0.1, -0.05) is 19.9 Å². The van der Waals surface area contributed by atoms with Gasteiger partial charge in [0.05, 0.1) is 6.54 Å². The molecule has 8 heteroatoms. The van der Waals surface area contributed by atoms with E-state index in [-0.39, 0.29) is 36.4 Å². The van der Waals surface area contributed by atoms with Crippen LogP contribution in [-0.4, -0.2) is 79.9 Å². The Labute approximate surface area is 178 Å². The van der Waals surface area contributed by atoms with E-state index in [1.54, 1.807) is 30.3 Å². The molecule has 26 heavy (non-hydrogen) atoms. The molecule has 6 nitrogen and oxygen atoms in total. The molecule has 0 unspecified atom stereocenters. The second-order valence-corrected chi connectivity index (χ2v) is 8.07. The van der Waals surface area contributed by atoms with Gasteiger partial charge in [0, 0.05) is 51.7 Å². The molecule has 0 bridgehead atoms. The van der Waals surface area contributed by atoms with E-state index < -0.39 is 0 Å². The average molecular weight is 493 g/mol. The van der Waals surface area contributed by atoms with Crippen LogP contribution in [0.25, 0.3) is 0 Å². The number of amides is 1. The highest BCUT2D eigenvalue weighted by Gasteiger charge is 2.20. The first kappa shape index (κ1) is 23.2. The van der Waals surface area contributed by atoms with Crippen LogP contribution in [0.2, 0.25) is 0 Å². The van der Waals surface area contributed by atoms with Gasteiger partial charge in [0.25, 0.3) is 0 Å². The summed E-state index contributed by atoms with van der Waals surface area (Å²) in [5.74, 6) is 1.55. The van der Waals surface area contributed by atoms with Gasteiger partial charge in [-0.3, -0.25) is 9.69 Å². The third kappa shape index (κ3) is 7.79. The molecular weight excluding hydrogens is 461 g/mol. The van der Waals surface area contributed by atoms with Gasteiger partial charge in [0.2, 0.25) is 5.91 Å². The molecule has 0 spiro atoms.